The molecule has 50 heavy (non-hydrogen) atoms. The van der Waals surface area contributed by atoms with Crippen LogP contribution >= 0.6 is 0 Å². The van der Waals surface area contributed by atoms with Gasteiger partial charge in [-0.25, -0.2) is 27.8 Å². The second-order valence-electron chi connectivity index (χ2n) is 12.6. The van der Waals surface area contributed by atoms with Crippen LogP contribution < -0.4 is 16.2 Å². The number of benzene rings is 3. The van der Waals surface area contributed by atoms with Crippen LogP contribution in [0.5, 0.6) is 0 Å². The molecule has 0 aliphatic heterocycles. The van der Waals surface area contributed by atoms with E-state index in [1.807, 2.05) is 0 Å². The largest absolute Gasteiger partial charge is 0.479 e. The van der Waals surface area contributed by atoms with Crippen molar-refractivity contribution in [1.29, 1.82) is 0 Å². The zero-order chi connectivity index (χ0) is 36.6. The van der Waals surface area contributed by atoms with Crippen LogP contribution in [0.4, 0.5) is 21.0 Å². The smallest absolute Gasteiger partial charge is 0.411 e. The van der Waals surface area contributed by atoms with Crippen molar-refractivity contribution in [3.05, 3.63) is 94.0 Å². The zero-order valence-electron chi connectivity index (χ0n) is 28.5. The summed E-state index contributed by atoms with van der Waals surface area (Å²) < 4.78 is 36.7. The van der Waals surface area contributed by atoms with E-state index in [0.717, 1.165) is 5.56 Å². The number of rotatable bonds is 13. The average molecular weight is 708 g/mol. The number of nitrogens with one attached hydrogen (secondary N) is 3. The maximum Gasteiger partial charge on any atom is 0.411 e. The number of H-pyrrole nitrogens is 1. The highest BCUT2D eigenvalue weighted by Crippen LogP contribution is 2.25. The number of aromatic amines is 1. The second kappa shape index (κ2) is 15.8. The van der Waals surface area contributed by atoms with E-state index < -0.39 is 39.6 Å². The Labute approximate surface area is 289 Å². The van der Waals surface area contributed by atoms with Crippen molar-refractivity contribution in [2.24, 2.45) is 0 Å². The third-order valence-electron chi connectivity index (χ3n) is 7.36. The first-order valence-electron chi connectivity index (χ1n) is 15.9. The number of amides is 2. The molecule has 14 nitrogen and oxygen atoms in total. The minimum absolute atomic E-state index is 0.00264. The molecule has 1 aromatic heterocycles. The zero-order valence-corrected chi connectivity index (χ0v) is 29.3. The number of aliphatic carboxylic acids is 1. The Morgan fingerprint density at radius 2 is 1.72 bits per heavy atom. The van der Waals surface area contributed by atoms with E-state index in [9.17, 15) is 32.7 Å². The molecule has 4 N–H and O–H groups in total. The van der Waals surface area contributed by atoms with Gasteiger partial charge in [0.15, 0.2) is 15.9 Å². The van der Waals surface area contributed by atoms with Crippen LogP contribution in [0.2, 0.25) is 0 Å². The summed E-state index contributed by atoms with van der Waals surface area (Å²) in [5.74, 6) is -1.20. The number of hydrogen-bond acceptors (Lipinski definition) is 10. The Morgan fingerprint density at radius 1 is 1.02 bits per heavy atom. The number of carboxylic acids is 1. The number of sulfone groups is 1. The summed E-state index contributed by atoms with van der Waals surface area (Å²) in [5, 5.41) is 15.8. The summed E-state index contributed by atoms with van der Waals surface area (Å²) in [6.45, 7) is 6.86. The van der Waals surface area contributed by atoms with Gasteiger partial charge >= 0.3 is 18.2 Å². The van der Waals surface area contributed by atoms with E-state index in [4.69, 9.17) is 9.47 Å². The molecule has 1 atom stereocenters. The molecule has 4 aromatic rings. The van der Waals surface area contributed by atoms with Gasteiger partial charge in [0.25, 0.3) is 5.56 Å². The molecule has 0 spiro atoms. The van der Waals surface area contributed by atoms with Gasteiger partial charge in [-0.05, 0) is 80.3 Å². The number of anilines is 2. The fourth-order valence-corrected chi connectivity index (χ4v) is 6.58. The SMILES string of the molecule is CCCS(=O)(=O)c1ccc(NC(=O)OCCc2ccc(C(Nc3ccc4nc[nH]c(=O)c4c3)C(=O)O)cc2)cc1CN(C)C(=O)OC(C)(C)C. The molecule has 1 unspecified atom stereocenters. The molecule has 0 aliphatic carbocycles. The molecular weight excluding hydrogens is 666 g/mol. The van der Waals surface area contributed by atoms with Crippen LogP contribution in [0.1, 0.15) is 56.8 Å². The Balaban J connectivity index is 1.38. The lowest BCUT2D eigenvalue weighted by molar-refractivity contribution is -0.138. The van der Waals surface area contributed by atoms with Gasteiger partial charge in [0.05, 0.1) is 41.0 Å². The molecule has 3 aromatic carbocycles. The van der Waals surface area contributed by atoms with E-state index >= 15 is 0 Å². The van der Waals surface area contributed by atoms with Gasteiger partial charge in [0.1, 0.15) is 5.60 Å². The van der Waals surface area contributed by atoms with Crippen LogP contribution in [-0.4, -0.2) is 71.6 Å². The summed E-state index contributed by atoms with van der Waals surface area (Å²) >= 11 is 0. The Hall–Kier alpha value is -5.44. The van der Waals surface area contributed by atoms with Crippen molar-refractivity contribution < 1.29 is 37.4 Å². The predicted molar refractivity (Wildman–Crippen MR) is 188 cm³/mol. The Bertz CT molecular complexity index is 2020. The normalized spacial score (nSPS) is 12.2. The average Bonchev–Trinajstić information content (AvgIpc) is 3.03. The summed E-state index contributed by atoms with van der Waals surface area (Å²) in [5.41, 5.74) is 1.68. The van der Waals surface area contributed by atoms with E-state index in [0.29, 0.717) is 40.6 Å². The quantitative estimate of drug-likeness (QED) is 0.137. The molecule has 1 heterocycles. The standard InChI is InChI=1S/C35H41N5O9S/c1-6-17-50(46,47)29-14-12-25(18-24(29)20-40(5)34(45)49-35(2,3)4)39-33(44)48-16-15-22-7-9-23(10-8-22)30(32(42)43)38-26-11-13-28-27(19-26)31(41)37-21-36-28/h7-14,18-19,21,30,38H,6,15-17,20H2,1-5H3,(H,39,44)(H,42,43)(H,36,37,41). The fourth-order valence-electron chi connectivity index (χ4n) is 5.03. The first-order valence-corrected chi connectivity index (χ1v) is 17.5. The first-order chi connectivity index (χ1) is 23.6. The topological polar surface area (TPSA) is 197 Å². The van der Waals surface area contributed by atoms with Gasteiger partial charge in [-0.1, -0.05) is 31.2 Å². The van der Waals surface area contributed by atoms with E-state index in [2.05, 4.69) is 20.6 Å². The molecule has 0 aliphatic rings. The summed E-state index contributed by atoms with van der Waals surface area (Å²) in [4.78, 5) is 57.4. The number of nitrogens with zero attached hydrogens (tertiary/aromatic N) is 2. The van der Waals surface area contributed by atoms with Crippen LogP contribution in [0.3, 0.4) is 0 Å². The number of ether oxygens (including phenoxy) is 2. The first kappa shape index (κ1) is 37.4. The molecule has 0 radical (unpaired) electrons. The number of hydrogen-bond donors (Lipinski definition) is 4. The van der Waals surface area contributed by atoms with Crippen LogP contribution in [-0.2, 0) is 37.1 Å². The number of carbonyl (C=O) groups excluding carboxylic acids is 2. The van der Waals surface area contributed by atoms with Gasteiger partial charge in [-0.2, -0.15) is 0 Å². The van der Waals surface area contributed by atoms with Crippen molar-refractivity contribution in [3.8, 4) is 0 Å². The molecule has 0 bridgehead atoms. The maximum absolute atomic E-state index is 13.0. The van der Waals surface area contributed by atoms with Crippen molar-refractivity contribution in [2.75, 3.05) is 30.0 Å². The monoisotopic (exact) mass is 707 g/mol. The van der Waals surface area contributed by atoms with Gasteiger partial charge in [0.2, 0.25) is 0 Å². The second-order valence-corrected chi connectivity index (χ2v) is 14.7. The summed E-state index contributed by atoms with van der Waals surface area (Å²) in [6.07, 6.45) is 0.642. The molecule has 4 rings (SSSR count). The number of carbonyl (C=O) groups is 3. The highest BCUT2D eigenvalue weighted by atomic mass is 32.2. The molecule has 0 fully saturated rings. The molecule has 0 saturated carbocycles. The van der Waals surface area contributed by atoms with Gasteiger partial charge in [-0.3, -0.25) is 10.1 Å². The molecule has 0 saturated heterocycles. The minimum atomic E-state index is -3.65. The molecule has 2 amide bonds. The van der Waals surface area contributed by atoms with Gasteiger partial charge in [0, 0.05) is 24.8 Å². The van der Waals surface area contributed by atoms with Crippen LogP contribution in [0, 0.1) is 0 Å². The van der Waals surface area contributed by atoms with Gasteiger partial charge in [-0.15, -0.1) is 0 Å². The summed E-state index contributed by atoms with van der Waals surface area (Å²) in [6, 6.07) is 14.8. The van der Waals surface area contributed by atoms with E-state index in [1.54, 1.807) is 70.2 Å². The highest BCUT2D eigenvalue weighted by Gasteiger charge is 2.24. The highest BCUT2D eigenvalue weighted by molar-refractivity contribution is 7.91. The number of aromatic nitrogens is 2. The van der Waals surface area contributed by atoms with Crippen molar-refractivity contribution in [2.45, 2.75) is 63.6 Å². The van der Waals surface area contributed by atoms with Crippen LogP contribution in [0.25, 0.3) is 10.9 Å². The summed E-state index contributed by atoms with van der Waals surface area (Å²) in [7, 11) is -2.15. The molecule has 266 valence electrons. The third-order valence-corrected chi connectivity index (χ3v) is 9.38. The Morgan fingerprint density at radius 3 is 2.38 bits per heavy atom. The predicted octanol–water partition coefficient (Wildman–Crippen LogP) is 5.50. The van der Waals surface area contributed by atoms with Gasteiger partial charge < -0.3 is 29.8 Å². The lowest BCUT2D eigenvalue weighted by Gasteiger charge is -2.25. The van der Waals surface area contributed by atoms with Crippen molar-refractivity contribution >= 4 is 50.3 Å². The van der Waals surface area contributed by atoms with E-state index in [1.165, 1.54) is 36.5 Å². The lowest BCUT2D eigenvalue weighted by atomic mass is 10.0. The Kier molecular flexibility index (Phi) is 11.8. The molecule has 15 heteroatoms. The molecular formula is C35H41N5O9S. The van der Waals surface area contributed by atoms with Crippen molar-refractivity contribution in [1.82, 2.24) is 14.9 Å². The number of fused-ring (bicyclic) bond motifs is 1. The lowest BCUT2D eigenvalue weighted by Crippen LogP contribution is -2.34. The van der Waals surface area contributed by atoms with Crippen LogP contribution in [0.15, 0.2) is 76.7 Å². The van der Waals surface area contributed by atoms with Crippen molar-refractivity contribution in [3.63, 3.8) is 0 Å². The fraction of sp³-hybridized carbons (Fsp3) is 0.343. The third kappa shape index (κ3) is 10.0. The maximum atomic E-state index is 13.0. The number of carboxylic acid groups (broad SMARTS) is 1. The minimum Gasteiger partial charge on any atom is -0.479 e. The van der Waals surface area contributed by atoms with E-state index in [-0.39, 0.29) is 35.0 Å².